The van der Waals surface area contributed by atoms with Gasteiger partial charge in [-0.3, -0.25) is 4.90 Å². The summed E-state index contributed by atoms with van der Waals surface area (Å²) in [6.45, 7) is 7.96. The second kappa shape index (κ2) is 11.6. The Morgan fingerprint density at radius 1 is 1.11 bits per heavy atom. The Kier molecular flexibility index (Phi) is 8.28. The second-order valence-electron chi connectivity index (χ2n) is 9.09. The number of β-amino-alcohol motifs (C(OH)–C–C–N with tert-alkyl or cyclic N) is 1. The number of rotatable bonds is 10. The number of imidazole rings is 1. The lowest BCUT2D eigenvalue weighted by Gasteiger charge is -2.30. The summed E-state index contributed by atoms with van der Waals surface area (Å²) in [4.78, 5) is 6.43. The van der Waals surface area contributed by atoms with E-state index in [0.29, 0.717) is 44.3 Å². The van der Waals surface area contributed by atoms with Gasteiger partial charge in [-0.25, -0.2) is 4.98 Å². The molecule has 1 aliphatic heterocycles. The van der Waals surface area contributed by atoms with Gasteiger partial charge in [0.1, 0.15) is 30.4 Å². The molecule has 1 N–H and O–H groups in total. The molecule has 1 aromatic heterocycles. The number of aryl methyl sites for hydroxylation is 2. The van der Waals surface area contributed by atoms with Crippen molar-refractivity contribution in [2.24, 2.45) is 0 Å². The van der Waals surface area contributed by atoms with Crippen LogP contribution in [0.4, 0.5) is 0 Å². The molecule has 1 saturated heterocycles. The van der Waals surface area contributed by atoms with E-state index in [9.17, 15) is 5.11 Å². The lowest BCUT2D eigenvalue weighted by Crippen LogP contribution is -2.48. The van der Waals surface area contributed by atoms with Crippen molar-refractivity contribution in [3.63, 3.8) is 0 Å². The van der Waals surface area contributed by atoms with Gasteiger partial charge >= 0.3 is 0 Å². The molecule has 1 atom stereocenters. The molecule has 0 spiro atoms. The van der Waals surface area contributed by atoms with Crippen molar-refractivity contribution in [1.82, 2.24) is 14.5 Å². The standard InChI is InChI=1S/C27H35N3O5/c1-21-5-4-6-24(15-21)35-20-27(31)18-29(11-13-33-19-27)17-23-7-8-25(32-3)26(16-23)34-14-12-30-10-9-28-22(30)2/h4-10,15-16,31H,11-14,17-20H2,1-3H3/t27-/m1/s1. The smallest absolute Gasteiger partial charge is 0.161 e. The summed E-state index contributed by atoms with van der Waals surface area (Å²) in [5.74, 6) is 3.10. The summed E-state index contributed by atoms with van der Waals surface area (Å²) in [6, 6.07) is 13.8. The minimum absolute atomic E-state index is 0.164. The quantitative estimate of drug-likeness (QED) is 0.476. The molecule has 2 aromatic carbocycles. The number of nitrogens with zero attached hydrogens (tertiary/aromatic N) is 3. The third-order valence-corrected chi connectivity index (χ3v) is 6.09. The van der Waals surface area contributed by atoms with E-state index >= 15 is 0 Å². The molecule has 8 nitrogen and oxygen atoms in total. The first-order valence-electron chi connectivity index (χ1n) is 11.9. The van der Waals surface area contributed by atoms with Gasteiger partial charge in [0.05, 0.1) is 26.9 Å². The summed E-state index contributed by atoms with van der Waals surface area (Å²) in [6.07, 6.45) is 3.73. The van der Waals surface area contributed by atoms with E-state index in [4.69, 9.17) is 18.9 Å². The Labute approximate surface area is 207 Å². The van der Waals surface area contributed by atoms with E-state index in [0.717, 1.165) is 29.2 Å². The minimum atomic E-state index is -1.10. The molecular formula is C27H35N3O5. The van der Waals surface area contributed by atoms with Crippen molar-refractivity contribution >= 4 is 0 Å². The van der Waals surface area contributed by atoms with Crippen LogP contribution in [0.3, 0.4) is 0 Å². The maximum Gasteiger partial charge on any atom is 0.161 e. The molecule has 0 saturated carbocycles. The van der Waals surface area contributed by atoms with Gasteiger partial charge in [0.15, 0.2) is 11.5 Å². The van der Waals surface area contributed by atoms with Crippen LogP contribution in [0, 0.1) is 13.8 Å². The summed E-state index contributed by atoms with van der Waals surface area (Å²) in [5, 5.41) is 11.3. The molecule has 0 bridgehead atoms. The zero-order chi connectivity index (χ0) is 24.7. The van der Waals surface area contributed by atoms with E-state index in [1.165, 1.54) is 0 Å². The van der Waals surface area contributed by atoms with Crippen LogP contribution in [0.5, 0.6) is 17.2 Å². The summed E-state index contributed by atoms with van der Waals surface area (Å²) < 4.78 is 25.3. The van der Waals surface area contributed by atoms with Crippen molar-refractivity contribution in [3.8, 4) is 17.2 Å². The molecule has 1 aliphatic rings. The summed E-state index contributed by atoms with van der Waals surface area (Å²) in [5.41, 5.74) is 1.09. The van der Waals surface area contributed by atoms with Gasteiger partial charge < -0.3 is 28.6 Å². The minimum Gasteiger partial charge on any atom is -0.493 e. The highest BCUT2D eigenvalue weighted by molar-refractivity contribution is 5.43. The van der Waals surface area contributed by atoms with Crippen LogP contribution in [0.25, 0.3) is 0 Å². The second-order valence-corrected chi connectivity index (χ2v) is 9.09. The van der Waals surface area contributed by atoms with Gasteiger partial charge in [-0.05, 0) is 49.2 Å². The van der Waals surface area contributed by atoms with Gasteiger partial charge in [-0.2, -0.15) is 0 Å². The number of hydrogen-bond acceptors (Lipinski definition) is 7. The average Bonchev–Trinajstić information content (AvgIpc) is 3.15. The molecule has 35 heavy (non-hydrogen) atoms. The predicted molar refractivity (Wildman–Crippen MR) is 133 cm³/mol. The third-order valence-electron chi connectivity index (χ3n) is 6.09. The average molecular weight is 482 g/mol. The SMILES string of the molecule is COc1ccc(CN2CCOC[C@@](O)(COc3cccc(C)c3)C2)cc1OCCn1ccnc1C. The van der Waals surface area contributed by atoms with E-state index in [2.05, 4.69) is 9.88 Å². The Morgan fingerprint density at radius 2 is 2.00 bits per heavy atom. The number of benzene rings is 2. The highest BCUT2D eigenvalue weighted by Gasteiger charge is 2.33. The van der Waals surface area contributed by atoms with Crippen LogP contribution in [0.2, 0.25) is 0 Å². The molecule has 188 valence electrons. The molecule has 8 heteroatoms. The summed E-state index contributed by atoms with van der Waals surface area (Å²) >= 11 is 0. The van der Waals surface area contributed by atoms with Gasteiger partial charge in [-0.1, -0.05) is 18.2 Å². The van der Waals surface area contributed by atoms with Crippen LogP contribution in [-0.2, 0) is 17.8 Å². The zero-order valence-electron chi connectivity index (χ0n) is 20.8. The van der Waals surface area contributed by atoms with Gasteiger partial charge in [0, 0.05) is 32.0 Å². The fourth-order valence-corrected chi connectivity index (χ4v) is 4.23. The van der Waals surface area contributed by atoms with Crippen molar-refractivity contribution in [1.29, 1.82) is 0 Å². The van der Waals surface area contributed by atoms with Crippen LogP contribution in [0.1, 0.15) is 17.0 Å². The van der Waals surface area contributed by atoms with Gasteiger partial charge in [0.25, 0.3) is 0 Å². The van der Waals surface area contributed by atoms with Crippen molar-refractivity contribution < 1.29 is 24.1 Å². The number of hydrogen-bond donors (Lipinski definition) is 1. The Hall–Kier alpha value is -3.07. The van der Waals surface area contributed by atoms with Gasteiger partial charge in [0.2, 0.25) is 0 Å². The topological polar surface area (TPSA) is 78.2 Å². The molecule has 2 heterocycles. The molecule has 1 fully saturated rings. The van der Waals surface area contributed by atoms with Crippen LogP contribution in [0.15, 0.2) is 54.9 Å². The van der Waals surface area contributed by atoms with Crippen molar-refractivity contribution in [2.45, 2.75) is 32.5 Å². The molecule has 0 amide bonds. The molecule has 3 aromatic rings. The molecule has 4 rings (SSSR count). The lowest BCUT2D eigenvalue weighted by molar-refractivity contribution is -0.0646. The van der Waals surface area contributed by atoms with E-state index < -0.39 is 5.60 Å². The van der Waals surface area contributed by atoms with Crippen LogP contribution < -0.4 is 14.2 Å². The molecule has 0 aliphatic carbocycles. The lowest BCUT2D eigenvalue weighted by atomic mass is 10.1. The number of ether oxygens (including phenoxy) is 4. The first-order valence-corrected chi connectivity index (χ1v) is 11.9. The van der Waals surface area contributed by atoms with Gasteiger partial charge in [-0.15, -0.1) is 0 Å². The Morgan fingerprint density at radius 3 is 2.77 bits per heavy atom. The highest BCUT2D eigenvalue weighted by atomic mass is 16.5. The maximum absolute atomic E-state index is 11.3. The molecule has 0 radical (unpaired) electrons. The predicted octanol–water partition coefficient (Wildman–Crippen LogP) is 3.23. The van der Waals surface area contributed by atoms with E-state index in [1.807, 2.05) is 67.1 Å². The first kappa shape index (κ1) is 25.0. The zero-order valence-corrected chi connectivity index (χ0v) is 20.8. The van der Waals surface area contributed by atoms with Crippen LogP contribution >= 0.6 is 0 Å². The Bertz CT molecular complexity index is 1100. The van der Waals surface area contributed by atoms with Crippen molar-refractivity contribution in [3.05, 3.63) is 71.8 Å². The van der Waals surface area contributed by atoms with E-state index in [1.54, 1.807) is 13.3 Å². The largest absolute Gasteiger partial charge is 0.493 e. The number of aromatic nitrogens is 2. The fraction of sp³-hybridized carbons (Fsp3) is 0.444. The van der Waals surface area contributed by atoms with Crippen LogP contribution in [-0.4, -0.2) is 71.8 Å². The third kappa shape index (κ3) is 6.97. The number of aliphatic hydroxyl groups is 1. The molecule has 0 unspecified atom stereocenters. The normalized spacial score (nSPS) is 18.7. The van der Waals surface area contributed by atoms with E-state index in [-0.39, 0.29) is 13.2 Å². The summed E-state index contributed by atoms with van der Waals surface area (Å²) in [7, 11) is 1.64. The van der Waals surface area contributed by atoms with Crippen molar-refractivity contribution in [2.75, 3.05) is 46.6 Å². The Balaban J connectivity index is 1.38. The maximum atomic E-state index is 11.3. The fourth-order valence-electron chi connectivity index (χ4n) is 4.23. The molecular weight excluding hydrogens is 446 g/mol. The first-order chi connectivity index (χ1) is 16.9. The number of methoxy groups -OCH3 is 1. The monoisotopic (exact) mass is 481 g/mol. The highest BCUT2D eigenvalue weighted by Crippen LogP contribution is 2.29.